The number of carbonyl (C=O) groups is 1. The Morgan fingerprint density at radius 2 is 1.88 bits per heavy atom. The van der Waals surface area contributed by atoms with Crippen molar-refractivity contribution >= 4 is 22.0 Å². The number of carbonyl (C=O) groups excluding carboxylic acids is 1. The first kappa shape index (κ1) is 19.3. The van der Waals surface area contributed by atoms with Crippen molar-refractivity contribution < 1.29 is 17.9 Å². The summed E-state index contributed by atoms with van der Waals surface area (Å²) in [6.45, 7) is 3.75. The van der Waals surface area contributed by atoms with E-state index in [0.717, 1.165) is 29.1 Å². The number of aromatic nitrogens is 1. The number of hydrogen-bond acceptors (Lipinski definition) is 5. The van der Waals surface area contributed by atoms with E-state index >= 15 is 0 Å². The maximum absolute atomic E-state index is 11.9. The topological polar surface area (TPSA) is 101 Å². The summed E-state index contributed by atoms with van der Waals surface area (Å²) in [5.41, 5.74) is 2.98. The number of ether oxygens (including phenoxy) is 1. The van der Waals surface area contributed by atoms with Crippen LogP contribution in [0.4, 0.5) is 0 Å². The van der Waals surface area contributed by atoms with E-state index < -0.39 is 15.9 Å². The van der Waals surface area contributed by atoms with Gasteiger partial charge in [-0.3, -0.25) is 4.79 Å². The highest BCUT2D eigenvalue weighted by atomic mass is 32.2. The number of aryl methyl sites for hydroxylation is 1. The third kappa shape index (κ3) is 4.32. The molecular weight excluding hydrogens is 354 g/mol. The molecule has 0 saturated heterocycles. The van der Waals surface area contributed by atoms with Gasteiger partial charge in [0, 0.05) is 17.1 Å². The molecule has 0 aliphatic heterocycles. The number of hydrogen-bond donors (Lipinski definition) is 1. The standard InChI is InChI=1S/C18H19N3O4S/c1-12-9-14(10-15(11-19)18(22)20-26(4,23)24)13(2)21(12)16-5-7-17(25-3)8-6-16/h5-10H,1-4H3,(H,20,22)/b15-10-. The Morgan fingerprint density at radius 3 is 2.38 bits per heavy atom. The van der Waals surface area contributed by atoms with E-state index in [1.54, 1.807) is 17.9 Å². The van der Waals surface area contributed by atoms with Crippen LogP contribution in [0.15, 0.2) is 35.9 Å². The predicted molar refractivity (Wildman–Crippen MR) is 98.4 cm³/mol. The first-order valence-electron chi connectivity index (χ1n) is 7.63. The Morgan fingerprint density at radius 1 is 1.27 bits per heavy atom. The summed E-state index contributed by atoms with van der Waals surface area (Å²) in [6.07, 6.45) is 2.23. The normalized spacial score (nSPS) is 11.7. The molecule has 0 radical (unpaired) electrons. The lowest BCUT2D eigenvalue weighted by Gasteiger charge is -2.10. The molecule has 2 aromatic rings. The van der Waals surface area contributed by atoms with Gasteiger partial charge < -0.3 is 9.30 Å². The van der Waals surface area contributed by atoms with Crippen molar-refractivity contribution in [2.75, 3.05) is 13.4 Å². The Balaban J connectivity index is 2.45. The number of methoxy groups -OCH3 is 1. The summed E-state index contributed by atoms with van der Waals surface area (Å²) in [6, 6.07) is 11.0. The third-order valence-electron chi connectivity index (χ3n) is 3.74. The molecule has 2 rings (SSSR count). The fourth-order valence-electron chi connectivity index (χ4n) is 2.59. The molecule has 8 heteroatoms. The van der Waals surface area contributed by atoms with E-state index in [1.165, 1.54) is 6.08 Å². The van der Waals surface area contributed by atoms with Crippen molar-refractivity contribution in [3.8, 4) is 17.5 Å². The second-order valence-corrected chi connectivity index (χ2v) is 7.48. The molecule has 0 saturated carbocycles. The summed E-state index contributed by atoms with van der Waals surface area (Å²) in [4.78, 5) is 11.9. The molecule has 1 aromatic carbocycles. The zero-order chi connectivity index (χ0) is 19.5. The van der Waals surface area contributed by atoms with E-state index in [2.05, 4.69) is 0 Å². The minimum Gasteiger partial charge on any atom is -0.497 e. The van der Waals surface area contributed by atoms with Gasteiger partial charge in [0.15, 0.2) is 0 Å². The molecule has 0 unspecified atom stereocenters. The maximum atomic E-state index is 11.9. The first-order chi connectivity index (χ1) is 12.2. The van der Waals surface area contributed by atoms with Crippen LogP contribution in [0.2, 0.25) is 0 Å². The van der Waals surface area contributed by atoms with Crippen molar-refractivity contribution in [3.05, 3.63) is 52.9 Å². The monoisotopic (exact) mass is 373 g/mol. The van der Waals surface area contributed by atoms with Crippen molar-refractivity contribution in [2.24, 2.45) is 0 Å². The van der Waals surface area contributed by atoms with Gasteiger partial charge in [-0.1, -0.05) is 0 Å². The molecule has 1 aromatic heterocycles. The maximum Gasteiger partial charge on any atom is 0.275 e. The Bertz CT molecular complexity index is 1010. The van der Waals surface area contributed by atoms with Crippen molar-refractivity contribution in [1.82, 2.24) is 9.29 Å². The number of rotatable bonds is 5. The highest BCUT2D eigenvalue weighted by Crippen LogP contribution is 2.24. The quantitative estimate of drug-likeness (QED) is 0.639. The summed E-state index contributed by atoms with van der Waals surface area (Å²) in [7, 11) is -2.15. The molecule has 136 valence electrons. The van der Waals surface area contributed by atoms with Crippen molar-refractivity contribution in [1.29, 1.82) is 5.26 Å². The number of benzene rings is 1. The van der Waals surface area contributed by atoms with E-state index in [-0.39, 0.29) is 5.57 Å². The predicted octanol–water partition coefficient (Wildman–Crippen LogP) is 2.09. The molecule has 1 heterocycles. The molecule has 0 bridgehead atoms. The number of sulfonamides is 1. The SMILES string of the molecule is COc1ccc(-n2c(C)cc(/C=C(/C#N)C(=O)NS(C)(=O)=O)c2C)cc1. The van der Waals surface area contributed by atoms with Crippen molar-refractivity contribution in [2.45, 2.75) is 13.8 Å². The van der Waals surface area contributed by atoms with E-state index in [1.807, 2.05) is 48.7 Å². The first-order valence-corrected chi connectivity index (χ1v) is 9.52. The van der Waals surface area contributed by atoms with Gasteiger partial charge in [0.05, 0.1) is 13.4 Å². The van der Waals surface area contributed by atoms with Gasteiger partial charge in [0.25, 0.3) is 5.91 Å². The minimum absolute atomic E-state index is 0.287. The van der Waals surface area contributed by atoms with Crippen LogP contribution in [0.25, 0.3) is 11.8 Å². The molecule has 0 fully saturated rings. The van der Waals surface area contributed by atoms with Crippen LogP contribution < -0.4 is 9.46 Å². The second kappa shape index (κ2) is 7.45. The lowest BCUT2D eigenvalue weighted by Crippen LogP contribution is -2.30. The van der Waals surface area contributed by atoms with Gasteiger partial charge in [0.2, 0.25) is 10.0 Å². The lowest BCUT2D eigenvalue weighted by atomic mass is 10.1. The van der Waals surface area contributed by atoms with Gasteiger partial charge in [-0.15, -0.1) is 0 Å². The fraction of sp³-hybridized carbons (Fsp3) is 0.222. The van der Waals surface area contributed by atoms with E-state index in [0.29, 0.717) is 5.56 Å². The molecule has 1 amide bonds. The summed E-state index contributed by atoms with van der Waals surface area (Å²) >= 11 is 0. The smallest absolute Gasteiger partial charge is 0.275 e. The Hall–Kier alpha value is -3.05. The van der Waals surface area contributed by atoms with Gasteiger partial charge in [-0.25, -0.2) is 13.1 Å². The number of nitrogens with one attached hydrogen (secondary N) is 1. The van der Waals surface area contributed by atoms with Crippen LogP contribution in [0.3, 0.4) is 0 Å². The van der Waals surface area contributed by atoms with Gasteiger partial charge in [0.1, 0.15) is 17.4 Å². The molecule has 7 nitrogen and oxygen atoms in total. The zero-order valence-corrected chi connectivity index (χ0v) is 15.7. The fourth-order valence-corrected chi connectivity index (χ4v) is 3.04. The summed E-state index contributed by atoms with van der Waals surface area (Å²) < 4.78 is 31.3. The second-order valence-electron chi connectivity index (χ2n) is 5.73. The van der Waals surface area contributed by atoms with E-state index in [9.17, 15) is 18.5 Å². The number of amides is 1. The summed E-state index contributed by atoms with van der Waals surface area (Å²) in [5, 5.41) is 9.20. The molecule has 0 aliphatic carbocycles. The molecule has 0 atom stereocenters. The number of nitriles is 1. The molecule has 1 N–H and O–H groups in total. The number of nitrogens with zero attached hydrogens (tertiary/aromatic N) is 2. The largest absolute Gasteiger partial charge is 0.497 e. The molecular formula is C18H19N3O4S. The summed E-state index contributed by atoms with van der Waals surface area (Å²) in [5.74, 6) is -0.218. The average molecular weight is 373 g/mol. The zero-order valence-electron chi connectivity index (χ0n) is 14.9. The van der Waals surface area contributed by atoms with Crippen molar-refractivity contribution in [3.63, 3.8) is 0 Å². The molecule has 0 aliphatic rings. The molecule has 0 spiro atoms. The van der Waals surface area contributed by atoms with Crippen LogP contribution >= 0.6 is 0 Å². The van der Waals surface area contributed by atoms with Crippen LogP contribution in [0.1, 0.15) is 17.0 Å². The Labute approximate surface area is 152 Å². The third-order valence-corrected chi connectivity index (χ3v) is 4.30. The van der Waals surface area contributed by atoms with Gasteiger partial charge >= 0.3 is 0 Å². The van der Waals surface area contributed by atoms with Crippen LogP contribution in [0.5, 0.6) is 5.75 Å². The minimum atomic E-state index is -3.74. The molecule has 26 heavy (non-hydrogen) atoms. The van der Waals surface area contributed by atoms with Gasteiger partial charge in [-0.05, 0) is 55.8 Å². The van der Waals surface area contributed by atoms with Gasteiger partial charge in [-0.2, -0.15) is 5.26 Å². The Kier molecular flexibility index (Phi) is 5.53. The highest BCUT2D eigenvalue weighted by molar-refractivity contribution is 7.89. The van der Waals surface area contributed by atoms with Crippen LogP contribution in [-0.2, 0) is 14.8 Å². The highest BCUT2D eigenvalue weighted by Gasteiger charge is 2.16. The average Bonchev–Trinajstić information content (AvgIpc) is 2.84. The lowest BCUT2D eigenvalue weighted by molar-refractivity contribution is -0.115. The van der Waals surface area contributed by atoms with Crippen LogP contribution in [0, 0.1) is 25.2 Å². The van der Waals surface area contributed by atoms with Crippen LogP contribution in [-0.4, -0.2) is 32.3 Å². The van der Waals surface area contributed by atoms with E-state index in [4.69, 9.17) is 4.74 Å².